The predicted octanol–water partition coefficient (Wildman–Crippen LogP) is 4.88. The lowest BCUT2D eigenvalue weighted by Gasteiger charge is -2.35. The largest absolute Gasteiger partial charge is 0.462 e. The van der Waals surface area contributed by atoms with Crippen molar-refractivity contribution in [3.05, 3.63) is 12.2 Å². The molecule has 0 N–H and O–H groups in total. The van der Waals surface area contributed by atoms with Crippen LogP contribution in [-0.4, -0.2) is 41.4 Å². The molecular formula is C19H36O4Si2. The van der Waals surface area contributed by atoms with Gasteiger partial charge in [-0.25, -0.2) is 4.79 Å². The van der Waals surface area contributed by atoms with E-state index in [1.54, 1.807) is 6.92 Å². The van der Waals surface area contributed by atoms with E-state index in [1.165, 1.54) is 31.7 Å². The molecule has 1 saturated heterocycles. The lowest BCUT2D eigenvalue weighted by atomic mass is 9.88. The number of hydrogen-bond donors (Lipinski definition) is 0. The molecule has 3 atom stereocenters. The van der Waals surface area contributed by atoms with Crippen LogP contribution >= 0.6 is 0 Å². The number of esters is 1. The SMILES string of the molecule is C=C(C)C(=O)OCCC[Si](C)(C)O[Si](C)(C)CCC1CCC2OC2C1. The number of ether oxygens (including phenoxy) is 2. The Morgan fingerprint density at radius 3 is 2.44 bits per heavy atom. The molecule has 0 amide bonds. The Hall–Kier alpha value is -0.436. The molecule has 1 heterocycles. The van der Waals surface area contributed by atoms with E-state index >= 15 is 0 Å². The summed E-state index contributed by atoms with van der Waals surface area (Å²) in [6.45, 7) is 15.1. The van der Waals surface area contributed by atoms with Crippen LogP contribution in [0.15, 0.2) is 12.2 Å². The lowest BCUT2D eigenvalue weighted by molar-refractivity contribution is -0.138. The van der Waals surface area contributed by atoms with Crippen LogP contribution in [0.4, 0.5) is 0 Å². The van der Waals surface area contributed by atoms with Crippen molar-refractivity contribution in [2.24, 2.45) is 5.92 Å². The maximum absolute atomic E-state index is 11.4. The normalized spacial score (nSPS) is 26.0. The fourth-order valence-corrected chi connectivity index (χ4v) is 12.8. The monoisotopic (exact) mass is 384 g/mol. The topological polar surface area (TPSA) is 48.1 Å². The molecule has 25 heavy (non-hydrogen) atoms. The molecule has 2 rings (SSSR count). The average molecular weight is 385 g/mol. The third-order valence-electron chi connectivity index (χ3n) is 5.32. The smallest absolute Gasteiger partial charge is 0.333 e. The molecule has 3 unspecified atom stereocenters. The standard InChI is InChI=1S/C19H36O4Si2/c1-15(2)19(20)21-11-7-12-24(3,4)23-25(5,6)13-10-16-8-9-17-18(14-16)22-17/h16-18H,1,7-14H2,2-6H3. The molecule has 2 aliphatic rings. The molecule has 0 radical (unpaired) electrons. The van der Waals surface area contributed by atoms with Gasteiger partial charge in [0.1, 0.15) is 0 Å². The van der Waals surface area contributed by atoms with Gasteiger partial charge in [-0.1, -0.05) is 13.0 Å². The highest BCUT2D eigenvalue weighted by atomic mass is 28.4. The van der Waals surface area contributed by atoms with Crippen LogP contribution in [0.2, 0.25) is 38.3 Å². The van der Waals surface area contributed by atoms with E-state index in [-0.39, 0.29) is 5.97 Å². The summed E-state index contributed by atoms with van der Waals surface area (Å²) in [7, 11) is -3.34. The second-order valence-corrected chi connectivity index (χ2v) is 17.9. The van der Waals surface area contributed by atoms with Crippen molar-refractivity contribution >= 4 is 22.6 Å². The molecule has 1 aliphatic carbocycles. The van der Waals surface area contributed by atoms with Gasteiger partial charge in [-0.3, -0.25) is 0 Å². The van der Waals surface area contributed by atoms with Crippen molar-refractivity contribution in [1.82, 2.24) is 0 Å². The molecule has 1 aliphatic heterocycles. The van der Waals surface area contributed by atoms with Gasteiger partial charge in [-0.05, 0) is 76.8 Å². The number of hydrogen-bond acceptors (Lipinski definition) is 4. The Morgan fingerprint density at radius 2 is 1.80 bits per heavy atom. The highest BCUT2D eigenvalue weighted by Gasteiger charge is 2.44. The Morgan fingerprint density at radius 1 is 1.12 bits per heavy atom. The quantitative estimate of drug-likeness (QED) is 0.177. The van der Waals surface area contributed by atoms with Crippen molar-refractivity contribution in [1.29, 1.82) is 0 Å². The minimum absolute atomic E-state index is 0.288. The summed E-state index contributed by atoms with van der Waals surface area (Å²) in [5.41, 5.74) is 0.465. The van der Waals surface area contributed by atoms with Gasteiger partial charge in [0.2, 0.25) is 0 Å². The second-order valence-electron chi connectivity index (χ2n) is 9.07. The predicted molar refractivity (Wildman–Crippen MR) is 107 cm³/mol. The number of epoxide rings is 1. The Kier molecular flexibility index (Phi) is 7.10. The van der Waals surface area contributed by atoms with Gasteiger partial charge < -0.3 is 13.6 Å². The maximum Gasteiger partial charge on any atom is 0.333 e. The number of carbonyl (C=O) groups excluding carboxylic acids is 1. The summed E-state index contributed by atoms with van der Waals surface area (Å²) < 4.78 is 17.5. The molecule has 0 aromatic rings. The van der Waals surface area contributed by atoms with Crippen LogP contribution in [-0.2, 0) is 18.4 Å². The van der Waals surface area contributed by atoms with E-state index in [4.69, 9.17) is 13.6 Å². The van der Waals surface area contributed by atoms with Gasteiger partial charge >= 0.3 is 5.97 Å². The van der Waals surface area contributed by atoms with Gasteiger partial charge in [0.05, 0.1) is 18.8 Å². The van der Waals surface area contributed by atoms with Crippen molar-refractivity contribution in [2.45, 2.75) is 89.5 Å². The molecular weight excluding hydrogens is 348 g/mol. The summed E-state index contributed by atoms with van der Waals surface area (Å²) in [5.74, 6) is 0.551. The molecule has 1 saturated carbocycles. The van der Waals surface area contributed by atoms with E-state index in [0.717, 1.165) is 18.4 Å². The summed E-state index contributed by atoms with van der Waals surface area (Å²) in [6.07, 6.45) is 7.23. The zero-order valence-electron chi connectivity index (χ0n) is 16.7. The molecule has 6 heteroatoms. The summed E-state index contributed by atoms with van der Waals surface area (Å²) in [5, 5.41) is 0. The van der Waals surface area contributed by atoms with Gasteiger partial charge in [0.25, 0.3) is 0 Å². The Labute approximate surface area is 155 Å². The van der Waals surface area contributed by atoms with E-state index in [9.17, 15) is 4.79 Å². The van der Waals surface area contributed by atoms with Crippen LogP contribution in [0.3, 0.4) is 0 Å². The van der Waals surface area contributed by atoms with Crippen LogP contribution in [0.5, 0.6) is 0 Å². The van der Waals surface area contributed by atoms with Crippen molar-refractivity contribution in [3.8, 4) is 0 Å². The molecule has 0 bridgehead atoms. The Bertz CT molecular complexity index is 490. The van der Waals surface area contributed by atoms with E-state index in [0.29, 0.717) is 24.4 Å². The first kappa shape index (κ1) is 20.9. The average Bonchev–Trinajstić information content (AvgIpc) is 3.27. The minimum atomic E-state index is -1.71. The zero-order chi connectivity index (χ0) is 18.7. The first-order chi connectivity index (χ1) is 11.6. The van der Waals surface area contributed by atoms with Crippen molar-refractivity contribution < 1.29 is 18.4 Å². The van der Waals surface area contributed by atoms with Gasteiger partial charge in [-0.15, -0.1) is 0 Å². The minimum Gasteiger partial charge on any atom is -0.462 e. The summed E-state index contributed by atoms with van der Waals surface area (Å²) >= 11 is 0. The molecule has 4 nitrogen and oxygen atoms in total. The van der Waals surface area contributed by atoms with Gasteiger partial charge in [-0.2, -0.15) is 0 Å². The molecule has 144 valence electrons. The lowest BCUT2D eigenvalue weighted by Crippen LogP contribution is -2.44. The summed E-state index contributed by atoms with van der Waals surface area (Å²) in [6, 6.07) is 2.28. The van der Waals surface area contributed by atoms with Crippen LogP contribution in [0, 0.1) is 5.92 Å². The van der Waals surface area contributed by atoms with Gasteiger partial charge in [0, 0.05) is 5.57 Å². The first-order valence-corrected chi connectivity index (χ1v) is 16.0. The number of carbonyl (C=O) groups is 1. The molecule has 0 spiro atoms. The fourth-order valence-electron chi connectivity index (χ4n) is 3.94. The third-order valence-corrected chi connectivity index (χ3v) is 12.8. The maximum atomic E-state index is 11.4. The number of fused-ring (bicyclic) bond motifs is 1. The highest BCUT2D eigenvalue weighted by molar-refractivity contribution is 6.84. The third kappa shape index (κ3) is 7.37. The molecule has 2 fully saturated rings. The fraction of sp³-hybridized carbons (Fsp3) is 0.842. The van der Waals surface area contributed by atoms with Gasteiger partial charge in [0.15, 0.2) is 16.6 Å². The van der Waals surface area contributed by atoms with E-state index < -0.39 is 16.6 Å². The van der Waals surface area contributed by atoms with Crippen molar-refractivity contribution in [3.63, 3.8) is 0 Å². The second kappa shape index (κ2) is 8.50. The molecule has 0 aromatic carbocycles. The van der Waals surface area contributed by atoms with Crippen LogP contribution in [0.25, 0.3) is 0 Å². The van der Waals surface area contributed by atoms with E-state index in [2.05, 4.69) is 32.8 Å². The zero-order valence-corrected chi connectivity index (χ0v) is 18.7. The van der Waals surface area contributed by atoms with Crippen LogP contribution in [0.1, 0.15) is 39.0 Å². The van der Waals surface area contributed by atoms with E-state index in [1.807, 2.05) is 0 Å². The van der Waals surface area contributed by atoms with Crippen LogP contribution < -0.4 is 0 Å². The number of rotatable bonds is 10. The Balaban J connectivity index is 1.65. The first-order valence-electron chi connectivity index (χ1n) is 9.76. The summed E-state index contributed by atoms with van der Waals surface area (Å²) in [4.78, 5) is 11.4. The highest BCUT2D eigenvalue weighted by Crippen LogP contribution is 2.41. The van der Waals surface area contributed by atoms with Crippen molar-refractivity contribution in [2.75, 3.05) is 6.61 Å². The molecule has 0 aromatic heterocycles.